The number of carbonyl (C=O) groups is 3. The largest absolute Gasteiger partial charge is 0.508 e. The molecule has 2 aromatic rings. The fraction of sp³-hybridized carbons (Fsp3) is 0.444. The SMILES string of the molecule is CCc1c(O)cccc1C(=O)[C@@H](C(N)c1ccccc1)[C@H](O)C(=O)N1CSC[C@H]1C(=O)NC(C)(C)C. The van der Waals surface area contributed by atoms with Crippen LogP contribution in [0.3, 0.4) is 0 Å². The van der Waals surface area contributed by atoms with E-state index < -0.39 is 41.3 Å². The van der Waals surface area contributed by atoms with E-state index in [1.807, 2.05) is 20.8 Å². The van der Waals surface area contributed by atoms with E-state index in [1.54, 1.807) is 49.4 Å². The lowest BCUT2D eigenvalue weighted by molar-refractivity contribution is -0.147. The number of nitrogens with one attached hydrogen (secondary N) is 1. The Bertz CT molecular complexity index is 1100. The Hall–Kier alpha value is -2.88. The number of thioether (sulfide) groups is 1. The van der Waals surface area contributed by atoms with Gasteiger partial charge in [-0.05, 0) is 38.8 Å². The average molecular weight is 514 g/mol. The molecule has 0 radical (unpaired) electrons. The van der Waals surface area contributed by atoms with E-state index in [4.69, 9.17) is 5.73 Å². The highest BCUT2D eigenvalue weighted by Crippen LogP contribution is 2.32. The summed E-state index contributed by atoms with van der Waals surface area (Å²) in [7, 11) is 0. The number of aliphatic hydroxyl groups is 1. The zero-order chi connectivity index (χ0) is 26.6. The maximum atomic E-state index is 13.8. The summed E-state index contributed by atoms with van der Waals surface area (Å²) in [4.78, 5) is 41.6. The number of phenols is 1. The van der Waals surface area contributed by atoms with E-state index in [1.165, 1.54) is 22.7 Å². The van der Waals surface area contributed by atoms with Crippen LogP contribution in [-0.2, 0) is 16.0 Å². The summed E-state index contributed by atoms with van der Waals surface area (Å²) >= 11 is 1.40. The summed E-state index contributed by atoms with van der Waals surface area (Å²) in [6.45, 7) is 7.35. The molecule has 1 aliphatic heterocycles. The third-order valence-electron chi connectivity index (χ3n) is 6.20. The van der Waals surface area contributed by atoms with E-state index in [0.29, 0.717) is 23.3 Å². The van der Waals surface area contributed by atoms with Crippen LogP contribution in [0, 0.1) is 5.92 Å². The number of carbonyl (C=O) groups excluding carboxylic acids is 3. The first-order valence-electron chi connectivity index (χ1n) is 12.0. The summed E-state index contributed by atoms with van der Waals surface area (Å²) in [5.41, 5.74) is 7.25. The lowest BCUT2D eigenvalue weighted by Gasteiger charge is -2.33. The Balaban J connectivity index is 1.98. The number of nitrogens with two attached hydrogens (primary N) is 1. The van der Waals surface area contributed by atoms with E-state index in [9.17, 15) is 24.6 Å². The fourth-order valence-corrected chi connectivity index (χ4v) is 5.56. The number of benzene rings is 2. The summed E-state index contributed by atoms with van der Waals surface area (Å²) in [5.74, 6) is -2.35. The second-order valence-corrected chi connectivity index (χ2v) is 11.0. The molecule has 36 heavy (non-hydrogen) atoms. The monoisotopic (exact) mass is 513 g/mol. The number of aromatic hydroxyl groups is 1. The van der Waals surface area contributed by atoms with E-state index in [2.05, 4.69) is 5.32 Å². The van der Waals surface area contributed by atoms with Crippen LogP contribution in [-0.4, -0.2) is 62.0 Å². The highest BCUT2D eigenvalue weighted by molar-refractivity contribution is 7.99. The molecule has 9 heteroatoms. The number of hydrogen-bond acceptors (Lipinski definition) is 7. The Morgan fingerprint density at radius 1 is 1.14 bits per heavy atom. The molecule has 0 aromatic heterocycles. The zero-order valence-corrected chi connectivity index (χ0v) is 21.9. The van der Waals surface area contributed by atoms with Gasteiger partial charge in [0.25, 0.3) is 5.91 Å². The lowest BCUT2D eigenvalue weighted by Crippen LogP contribution is -2.56. The van der Waals surface area contributed by atoms with Crippen molar-refractivity contribution >= 4 is 29.4 Å². The number of rotatable bonds is 8. The van der Waals surface area contributed by atoms with Crippen LogP contribution < -0.4 is 11.1 Å². The molecule has 1 aliphatic rings. The maximum absolute atomic E-state index is 13.8. The summed E-state index contributed by atoms with van der Waals surface area (Å²) < 4.78 is 0. The van der Waals surface area contributed by atoms with Gasteiger partial charge >= 0.3 is 0 Å². The summed E-state index contributed by atoms with van der Waals surface area (Å²) in [5, 5.41) is 24.6. The molecule has 0 saturated carbocycles. The van der Waals surface area contributed by atoms with Crippen molar-refractivity contribution < 1.29 is 24.6 Å². The zero-order valence-electron chi connectivity index (χ0n) is 21.1. The van der Waals surface area contributed by atoms with Crippen molar-refractivity contribution in [2.45, 2.75) is 57.8 Å². The summed E-state index contributed by atoms with van der Waals surface area (Å²) in [6.07, 6.45) is -1.41. The molecular weight excluding hydrogens is 478 g/mol. The van der Waals surface area contributed by atoms with Gasteiger partial charge in [0.15, 0.2) is 5.78 Å². The molecule has 8 nitrogen and oxygen atoms in total. The normalized spacial score (nSPS) is 18.4. The quantitative estimate of drug-likeness (QED) is 0.399. The topological polar surface area (TPSA) is 133 Å². The van der Waals surface area contributed by atoms with Crippen LogP contribution >= 0.6 is 11.8 Å². The molecule has 1 fully saturated rings. The molecule has 2 aromatic carbocycles. The molecule has 0 bridgehead atoms. The molecule has 4 atom stereocenters. The van der Waals surface area contributed by atoms with Crippen molar-refractivity contribution in [3.63, 3.8) is 0 Å². The van der Waals surface area contributed by atoms with Gasteiger partial charge in [0.05, 0.1) is 11.8 Å². The minimum atomic E-state index is -1.79. The van der Waals surface area contributed by atoms with Crippen molar-refractivity contribution in [2.75, 3.05) is 11.6 Å². The van der Waals surface area contributed by atoms with Gasteiger partial charge in [0.1, 0.15) is 17.9 Å². The van der Waals surface area contributed by atoms with E-state index in [-0.39, 0.29) is 23.1 Å². The van der Waals surface area contributed by atoms with Gasteiger partial charge in [-0.2, -0.15) is 0 Å². The number of Topliss-reactive ketones (excluding diaryl/α,β-unsaturated/α-hetero) is 1. The second-order valence-electron chi connectivity index (χ2n) is 9.99. The van der Waals surface area contributed by atoms with Crippen LogP contribution in [0.25, 0.3) is 0 Å². The number of nitrogens with zero attached hydrogens (tertiary/aromatic N) is 1. The van der Waals surface area contributed by atoms with Gasteiger partial charge < -0.3 is 26.2 Å². The highest BCUT2D eigenvalue weighted by atomic mass is 32.2. The Morgan fingerprint density at radius 2 is 1.81 bits per heavy atom. The molecule has 1 unspecified atom stereocenters. The highest BCUT2D eigenvalue weighted by Gasteiger charge is 2.44. The van der Waals surface area contributed by atoms with Gasteiger partial charge in [-0.15, -0.1) is 11.8 Å². The summed E-state index contributed by atoms with van der Waals surface area (Å²) in [6, 6.07) is 11.6. The van der Waals surface area contributed by atoms with Crippen molar-refractivity contribution in [3.8, 4) is 5.75 Å². The van der Waals surface area contributed by atoms with Gasteiger partial charge in [-0.3, -0.25) is 14.4 Å². The van der Waals surface area contributed by atoms with Crippen molar-refractivity contribution in [3.05, 3.63) is 65.2 Å². The van der Waals surface area contributed by atoms with Crippen LogP contribution in [0.1, 0.15) is 55.2 Å². The molecule has 0 spiro atoms. The van der Waals surface area contributed by atoms with Gasteiger partial charge in [-0.1, -0.05) is 49.4 Å². The number of hydrogen-bond donors (Lipinski definition) is 4. The second kappa shape index (κ2) is 11.5. The third kappa shape index (κ3) is 6.08. The molecule has 1 heterocycles. The van der Waals surface area contributed by atoms with Crippen molar-refractivity contribution in [1.82, 2.24) is 10.2 Å². The number of amides is 2. The smallest absolute Gasteiger partial charge is 0.253 e. The van der Waals surface area contributed by atoms with Crippen LogP contribution in [0.15, 0.2) is 48.5 Å². The van der Waals surface area contributed by atoms with E-state index in [0.717, 1.165) is 0 Å². The standard InChI is InChI=1S/C27H35N3O5S/c1-5-17-18(12-9-13-20(17)31)23(32)21(22(28)16-10-7-6-8-11-16)24(33)26(35)30-15-36-14-19(30)25(34)29-27(2,3)4/h6-13,19,21-22,24,31,33H,5,14-15,28H2,1-4H3,(H,29,34)/t19-,21+,22?,24-/m0/s1. The molecule has 0 aliphatic carbocycles. The molecule has 194 valence electrons. The Kier molecular flexibility index (Phi) is 8.81. The minimum Gasteiger partial charge on any atom is -0.508 e. The average Bonchev–Trinajstić information content (AvgIpc) is 3.33. The first-order valence-corrected chi connectivity index (χ1v) is 13.2. The van der Waals surface area contributed by atoms with Crippen molar-refractivity contribution in [2.24, 2.45) is 11.7 Å². The predicted molar refractivity (Wildman–Crippen MR) is 141 cm³/mol. The molecular formula is C27H35N3O5S. The van der Waals surface area contributed by atoms with Crippen LogP contribution in [0.2, 0.25) is 0 Å². The Labute approximate surface area is 216 Å². The lowest BCUT2D eigenvalue weighted by atomic mass is 9.81. The third-order valence-corrected chi connectivity index (χ3v) is 7.22. The van der Waals surface area contributed by atoms with E-state index >= 15 is 0 Å². The molecule has 5 N–H and O–H groups in total. The first-order chi connectivity index (χ1) is 17.0. The molecule has 2 amide bonds. The van der Waals surface area contributed by atoms with Gasteiger partial charge in [0, 0.05) is 28.5 Å². The fourth-order valence-electron chi connectivity index (χ4n) is 4.40. The van der Waals surface area contributed by atoms with Crippen LogP contribution in [0.4, 0.5) is 0 Å². The van der Waals surface area contributed by atoms with Gasteiger partial charge in [0.2, 0.25) is 5.91 Å². The van der Waals surface area contributed by atoms with Crippen LogP contribution in [0.5, 0.6) is 5.75 Å². The number of aliphatic hydroxyl groups excluding tert-OH is 1. The predicted octanol–water partition coefficient (Wildman–Crippen LogP) is 2.63. The minimum absolute atomic E-state index is 0.0361. The van der Waals surface area contributed by atoms with Crippen molar-refractivity contribution in [1.29, 1.82) is 0 Å². The molecule has 1 saturated heterocycles. The first kappa shape index (κ1) is 27.7. The number of ketones is 1. The maximum Gasteiger partial charge on any atom is 0.253 e. The number of phenolic OH excluding ortho intramolecular Hbond substituents is 1. The molecule has 3 rings (SSSR count). The Morgan fingerprint density at radius 3 is 2.42 bits per heavy atom. The van der Waals surface area contributed by atoms with Gasteiger partial charge in [-0.25, -0.2) is 0 Å².